The van der Waals surface area contributed by atoms with Crippen molar-refractivity contribution in [3.05, 3.63) is 12.4 Å². The van der Waals surface area contributed by atoms with Crippen LogP contribution in [-0.2, 0) is 4.79 Å². The normalized spacial score (nSPS) is 16.1. The molecular formula is C14H21N3O3. The van der Waals surface area contributed by atoms with E-state index in [4.69, 9.17) is 9.84 Å². The van der Waals surface area contributed by atoms with Gasteiger partial charge in [-0.25, -0.2) is 0 Å². The Bertz CT molecular complexity index is 445. The van der Waals surface area contributed by atoms with Crippen molar-refractivity contribution in [2.45, 2.75) is 32.6 Å². The zero-order valence-corrected chi connectivity index (χ0v) is 11.8. The largest absolute Gasteiger partial charge is 0.481 e. The molecule has 1 aliphatic heterocycles. The number of hydrogen-bond donors (Lipinski definition) is 1. The fraction of sp³-hybridized carbons (Fsp3) is 0.643. The van der Waals surface area contributed by atoms with E-state index in [-0.39, 0.29) is 12.3 Å². The third-order valence-electron chi connectivity index (χ3n) is 3.46. The van der Waals surface area contributed by atoms with E-state index in [1.807, 2.05) is 6.92 Å². The molecule has 0 aliphatic carbocycles. The third kappa shape index (κ3) is 4.08. The summed E-state index contributed by atoms with van der Waals surface area (Å²) in [5.41, 5.74) is 0. The molecule has 0 bridgehead atoms. The molecule has 6 heteroatoms. The number of hydrogen-bond acceptors (Lipinski definition) is 5. The van der Waals surface area contributed by atoms with Gasteiger partial charge in [-0.1, -0.05) is 6.92 Å². The van der Waals surface area contributed by atoms with Crippen molar-refractivity contribution in [1.82, 2.24) is 9.97 Å². The van der Waals surface area contributed by atoms with Crippen LogP contribution in [0.1, 0.15) is 32.6 Å². The molecule has 1 aromatic heterocycles. The van der Waals surface area contributed by atoms with E-state index in [0.717, 1.165) is 38.2 Å². The Labute approximate surface area is 118 Å². The Morgan fingerprint density at radius 1 is 1.45 bits per heavy atom. The molecule has 6 nitrogen and oxygen atoms in total. The Kier molecular flexibility index (Phi) is 5.15. The lowest BCUT2D eigenvalue weighted by Gasteiger charge is -2.32. The number of nitrogens with zero attached hydrogens (tertiary/aromatic N) is 3. The predicted molar refractivity (Wildman–Crippen MR) is 75.0 cm³/mol. The highest BCUT2D eigenvalue weighted by molar-refractivity contribution is 5.67. The first-order valence-electron chi connectivity index (χ1n) is 7.10. The molecule has 2 rings (SSSR count). The predicted octanol–water partition coefficient (Wildman–Crippen LogP) is 1.96. The molecule has 0 spiro atoms. The lowest BCUT2D eigenvalue weighted by atomic mass is 9.94. The van der Waals surface area contributed by atoms with E-state index in [1.165, 1.54) is 0 Å². The summed E-state index contributed by atoms with van der Waals surface area (Å²) < 4.78 is 5.48. The van der Waals surface area contributed by atoms with E-state index < -0.39 is 5.97 Å². The minimum atomic E-state index is -0.710. The van der Waals surface area contributed by atoms with Crippen LogP contribution in [0.5, 0.6) is 5.88 Å². The topological polar surface area (TPSA) is 75.5 Å². The van der Waals surface area contributed by atoms with E-state index in [0.29, 0.717) is 12.5 Å². The number of carboxylic acids is 1. The first-order valence-corrected chi connectivity index (χ1v) is 7.10. The Morgan fingerprint density at radius 2 is 2.20 bits per heavy atom. The zero-order chi connectivity index (χ0) is 14.4. The zero-order valence-electron chi connectivity index (χ0n) is 11.8. The van der Waals surface area contributed by atoms with E-state index in [9.17, 15) is 4.79 Å². The number of aliphatic carboxylic acids is 1. The molecule has 0 unspecified atom stereocenters. The van der Waals surface area contributed by atoms with Gasteiger partial charge >= 0.3 is 5.97 Å². The van der Waals surface area contributed by atoms with Gasteiger partial charge in [-0.3, -0.25) is 9.78 Å². The summed E-state index contributed by atoms with van der Waals surface area (Å²) in [5.74, 6) is 0.929. The molecule has 1 aliphatic rings. The van der Waals surface area contributed by atoms with E-state index in [1.54, 1.807) is 12.4 Å². The van der Waals surface area contributed by atoms with Crippen LogP contribution < -0.4 is 9.64 Å². The number of piperidine rings is 1. The van der Waals surface area contributed by atoms with Crippen LogP contribution in [0.15, 0.2) is 12.4 Å². The average molecular weight is 279 g/mol. The summed E-state index contributed by atoms with van der Waals surface area (Å²) in [4.78, 5) is 21.5. The van der Waals surface area contributed by atoms with Gasteiger partial charge in [0.05, 0.1) is 19.0 Å². The van der Waals surface area contributed by atoms with Gasteiger partial charge in [0.15, 0.2) is 5.82 Å². The first-order chi connectivity index (χ1) is 9.69. The molecule has 2 heterocycles. The van der Waals surface area contributed by atoms with Crippen LogP contribution in [-0.4, -0.2) is 40.7 Å². The molecule has 0 aromatic carbocycles. The van der Waals surface area contributed by atoms with E-state index >= 15 is 0 Å². The van der Waals surface area contributed by atoms with Gasteiger partial charge in [0.2, 0.25) is 5.88 Å². The third-order valence-corrected chi connectivity index (χ3v) is 3.46. The fourth-order valence-corrected chi connectivity index (χ4v) is 2.38. The lowest BCUT2D eigenvalue weighted by Crippen LogP contribution is -2.35. The minimum Gasteiger partial charge on any atom is -0.481 e. The van der Waals surface area contributed by atoms with Crippen LogP contribution in [0.4, 0.5) is 5.82 Å². The Hall–Kier alpha value is -1.85. The summed E-state index contributed by atoms with van der Waals surface area (Å²) >= 11 is 0. The van der Waals surface area contributed by atoms with Gasteiger partial charge in [0.1, 0.15) is 0 Å². The number of anilines is 1. The van der Waals surface area contributed by atoms with Gasteiger partial charge in [-0.15, -0.1) is 0 Å². The summed E-state index contributed by atoms with van der Waals surface area (Å²) in [7, 11) is 0. The highest BCUT2D eigenvalue weighted by Gasteiger charge is 2.22. The van der Waals surface area contributed by atoms with Crippen LogP contribution in [0.25, 0.3) is 0 Å². The van der Waals surface area contributed by atoms with Crippen LogP contribution in [0, 0.1) is 5.92 Å². The van der Waals surface area contributed by atoms with Crippen molar-refractivity contribution in [2.24, 2.45) is 5.92 Å². The maximum atomic E-state index is 10.7. The Balaban J connectivity index is 1.91. The quantitative estimate of drug-likeness (QED) is 0.858. The standard InChI is InChI=1S/C14H21N3O3/c1-2-7-20-13-10-15-9-12(16-13)17-5-3-11(4-6-17)8-14(18)19/h9-11H,2-8H2,1H3,(H,18,19). The molecular weight excluding hydrogens is 258 g/mol. The minimum absolute atomic E-state index is 0.263. The highest BCUT2D eigenvalue weighted by Crippen LogP contribution is 2.24. The van der Waals surface area contributed by atoms with Gasteiger partial charge < -0.3 is 14.7 Å². The average Bonchev–Trinajstić information content (AvgIpc) is 2.45. The summed E-state index contributed by atoms with van der Waals surface area (Å²) in [6.07, 6.45) is 6.32. The molecule has 20 heavy (non-hydrogen) atoms. The number of carbonyl (C=O) groups is 1. The second-order valence-corrected chi connectivity index (χ2v) is 5.09. The van der Waals surface area contributed by atoms with Crippen molar-refractivity contribution < 1.29 is 14.6 Å². The smallest absolute Gasteiger partial charge is 0.303 e. The van der Waals surface area contributed by atoms with Gasteiger partial charge in [-0.05, 0) is 25.2 Å². The monoisotopic (exact) mass is 279 g/mol. The summed E-state index contributed by atoms with van der Waals surface area (Å²) in [5, 5.41) is 8.81. The second-order valence-electron chi connectivity index (χ2n) is 5.09. The van der Waals surface area contributed by atoms with E-state index in [2.05, 4.69) is 14.9 Å². The summed E-state index contributed by atoms with van der Waals surface area (Å²) in [6.45, 7) is 4.33. The highest BCUT2D eigenvalue weighted by atomic mass is 16.5. The van der Waals surface area contributed by atoms with Crippen LogP contribution in [0.2, 0.25) is 0 Å². The SMILES string of the molecule is CCCOc1cncc(N2CCC(CC(=O)O)CC2)n1. The van der Waals surface area contributed by atoms with Gasteiger partial charge in [-0.2, -0.15) is 4.98 Å². The number of ether oxygens (including phenoxy) is 1. The molecule has 1 N–H and O–H groups in total. The maximum Gasteiger partial charge on any atom is 0.303 e. The number of rotatable bonds is 6. The summed E-state index contributed by atoms with van der Waals surface area (Å²) in [6, 6.07) is 0. The van der Waals surface area contributed by atoms with Crippen molar-refractivity contribution in [3.8, 4) is 5.88 Å². The van der Waals surface area contributed by atoms with Crippen molar-refractivity contribution in [3.63, 3.8) is 0 Å². The van der Waals surface area contributed by atoms with Gasteiger partial charge in [0.25, 0.3) is 0 Å². The lowest BCUT2D eigenvalue weighted by molar-refractivity contribution is -0.138. The maximum absolute atomic E-state index is 10.7. The van der Waals surface area contributed by atoms with Crippen LogP contribution >= 0.6 is 0 Å². The molecule has 1 aromatic rings. The van der Waals surface area contributed by atoms with Crippen molar-refractivity contribution >= 4 is 11.8 Å². The molecule has 0 atom stereocenters. The molecule has 0 radical (unpaired) electrons. The molecule has 0 amide bonds. The number of aromatic nitrogens is 2. The Morgan fingerprint density at radius 3 is 2.85 bits per heavy atom. The molecule has 110 valence electrons. The molecule has 1 fully saturated rings. The first kappa shape index (κ1) is 14.6. The van der Waals surface area contributed by atoms with Crippen molar-refractivity contribution in [2.75, 3.05) is 24.6 Å². The fourth-order valence-electron chi connectivity index (χ4n) is 2.38. The van der Waals surface area contributed by atoms with Crippen molar-refractivity contribution in [1.29, 1.82) is 0 Å². The molecule has 0 saturated carbocycles. The number of carboxylic acid groups (broad SMARTS) is 1. The molecule has 1 saturated heterocycles. The van der Waals surface area contributed by atoms with Gasteiger partial charge in [0, 0.05) is 19.5 Å². The second kappa shape index (κ2) is 7.07. The van der Waals surface area contributed by atoms with Crippen LogP contribution in [0.3, 0.4) is 0 Å².